The summed E-state index contributed by atoms with van der Waals surface area (Å²) in [5.41, 5.74) is 6.16. The number of benzene rings is 1. The first kappa shape index (κ1) is 17.8. The topological polar surface area (TPSA) is 134 Å². The Morgan fingerprint density at radius 3 is 2.79 bits per heavy atom. The number of primary amides is 1. The third kappa shape index (κ3) is 2.83. The molecule has 3 heterocycles. The molecule has 1 amide bonds. The predicted molar refractivity (Wildman–Crippen MR) is 98.5 cm³/mol. The maximum absolute atomic E-state index is 11.9. The van der Waals surface area contributed by atoms with Crippen LogP contribution in [0.4, 0.5) is 0 Å². The van der Waals surface area contributed by atoms with Crippen molar-refractivity contribution >= 4 is 19.0 Å². The first-order valence-electron chi connectivity index (χ1n) is 9.60. The van der Waals surface area contributed by atoms with E-state index in [-0.39, 0.29) is 52.9 Å². The molecule has 0 unspecified atom stereocenters. The molecule has 4 atom stereocenters. The highest BCUT2D eigenvalue weighted by atomic mass is 16.5. The molecule has 4 aliphatic rings. The third-order valence-electron chi connectivity index (χ3n) is 6.35. The minimum Gasteiger partial charge on any atom is -0.535 e. The highest BCUT2D eigenvalue weighted by molar-refractivity contribution is 6.48. The molecule has 28 heavy (non-hydrogen) atoms. The minimum atomic E-state index is -1.13. The van der Waals surface area contributed by atoms with Crippen molar-refractivity contribution in [3.63, 3.8) is 0 Å². The highest BCUT2D eigenvalue weighted by Gasteiger charge is 2.54. The van der Waals surface area contributed by atoms with Crippen LogP contribution in [-0.4, -0.2) is 71.8 Å². The first-order chi connectivity index (χ1) is 13.4. The Balaban J connectivity index is 1.28. The van der Waals surface area contributed by atoms with Crippen molar-refractivity contribution in [3.05, 3.63) is 23.3 Å². The van der Waals surface area contributed by atoms with Crippen molar-refractivity contribution in [2.24, 2.45) is 5.73 Å². The molecule has 1 aliphatic carbocycles. The lowest BCUT2D eigenvalue weighted by molar-refractivity contribution is -0.119. The van der Waals surface area contributed by atoms with Crippen LogP contribution in [0.25, 0.3) is 0 Å². The summed E-state index contributed by atoms with van der Waals surface area (Å²) < 4.78 is 11.5. The number of carbonyl (C=O) groups is 2. The fraction of sp³-hybridized carbons (Fsp3) is 0.556. The molecule has 3 fully saturated rings. The van der Waals surface area contributed by atoms with Gasteiger partial charge in [-0.2, -0.15) is 0 Å². The number of hydrogen-bond donors (Lipinski definition) is 4. The third-order valence-corrected chi connectivity index (χ3v) is 6.35. The largest absolute Gasteiger partial charge is 0.535 e. The fourth-order valence-electron chi connectivity index (χ4n) is 4.63. The summed E-state index contributed by atoms with van der Waals surface area (Å²) in [6.45, 7) is 2.01. The van der Waals surface area contributed by atoms with Crippen molar-refractivity contribution in [2.75, 3.05) is 19.6 Å². The molecular formula is C18H22BN3O6. The Bertz CT molecular complexity index is 845. The lowest BCUT2D eigenvalue weighted by Gasteiger charge is -2.42. The molecule has 5 N–H and O–H groups in total. The van der Waals surface area contributed by atoms with Crippen LogP contribution in [0.1, 0.15) is 34.7 Å². The number of nitrogens with two attached hydrogens (primary N) is 1. The van der Waals surface area contributed by atoms with E-state index in [1.165, 1.54) is 0 Å². The van der Waals surface area contributed by atoms with Crippen molar-refractivity contribution in [2.45, 2.75) is 42.8 Å². The second kappa shape index (κ2) is 6.36. The van der Waals surface area contributed by atoms with Crippen LogP contribution in [0.2, 0.25) is 5.82 Å². The second-order valence-corrected chi connectivity index (χ2v) is 8.12. The number of amides is 1. The van der Waals surface area contributed by atoms with Crippen molar-refractivity contribution in [1.29, 1.82) is 0 Å². The standard InChI is InChI=1S/C18H22BN3O6/c20-17(23)13-3-8(5-21-13)22-6-9(7-22)27-14-2-1-10-11-4-12(11)19(26)28-16(10)15(14)18(24)25/h1-2,8-9,11-13,21,26H,3-7H2,(H2,20,23)(H,24,25)/t8-,11-,12-,13+/m1/s1. The van der Waals surface area contributed by atoms with Crippen LogP contribution in [0, 0.1) is 0 Å². The molecule has 10 heteroatoms. The molecule has 148 valence electrons. The van der Waals surface area contributed by atoms with E-state index in [4.69, 9.17) is 15.1 Å². The van der Waals surface area contributed by atoms with Crippen LogP contribution in [0.3, 0.4) is 0 Å². The molecule has 1 aromatic rings. The molecule has 0 aromatic heterocycles. The first-order valence-corrected chi connectivity index (χ1v) is 9.60. The Morgan fingerprint density at radius 2 is 2.11 bits per heavy atom. The minimum absolute atomic E-state index is 0.0170. The number of carboxylic acid groups (broad SMARTS) is 1. The Kier molecular flexibility index (Phi) is 4.04. The van der Waals surface area contributed by atoms with Crippen LogP contribution in [0.15, 0.2) is 12.1 Å². The van der Waals surface area contributed by atoms with Gasteiger partial charge in [-0.25, -0.2) is 4.79 Å². The smallest absolute Gasteiger partial charge is 0.526 e. The summed E-state index contributed by atoms with van der Waals surface area (Å²) >= 11 is 0. The normalized spacial score (nSPS) is 31.4. The Hall–Kier alpha value is -2.30. The quantitative estimate of drug-likeness (QED) is 0.492. The fourth-order valence-corrected chi connectivity index (χ4v) is 4.63. The van der Waals surface area contributed by atoms with Gasteiger partial charge >= 0.3 is 13.1 Å². The van der Waals surface area contributed by atoms with E-state index in [2.05, 4.69) is 10.2 Å². The number of nitrogens with one attached hydrogen (secondary N) is 1. The summed E-state index contributed by atoms with van der Waals surface area (Å²) in [6, 6.07) is 3.48. The summed E-state index contributed by atoms with van der Waals surface area (Å²) in [7, 11) is -0.960. The van der Waals surface area contributed by atoms with Gasteiger partial charge in [0.25, 0.3) is 0 Å². The van der Waals surface area contributed by atoms with Crippen LogP contribution in [0.5, 0.6) is 11.5 Å². The highest BCUT2D eigenvalue weighted by Crippen LogP contribution is 2.60. The number of nitrogens with zero attached hydrogens (tertiary/aromatic N) is 1. The average molecular weight is 387 g/mol. The maximum Gasteiger partial charge on any atom is 0.526 e. The summed E-state index contributed by atoms with van der Waals surface area (Å²) in [5, 5.41) is 22.8. The number of likely N-dealkylation sites (tertiary alicyclic amines) is 1. The number of carboxylic acids is 1. The van der Waals surface area contributed by atoms with Crippen molar-refractivity contribution in [1.82, 2.24) is 10.2 Å². The molecule has 1 saturated carbocycles. The van der Waals surface area contributed by atoms with E-state index < -0.39 is 13.1 Å². The van der Waals surface area contributed by atoms with E-state index in [1.54, 1.807) is 6.07 Å². The van der Waals surface area contributed by atoms with Crippen molar-refractivity contribution < 1.29 is 29.1 Å². The van der Waals surface area contributed by atoms with Crippen LogP contribution >= 0.6 is 0 Å². The maximum atomic E-state index is 11.9. The summed E-state index contributed by atoms with van der Waals surface area (Å²) in [6.07, 6.45) is 1.36. The van der Waals surface area contributed by atoms with Gasteiger partial charge in [0.05, 0.1) is 6.04 Å². The molecular weight excluding hydrogens is 365 g/mol. The SMILES string of the molecule is NC(=O)[C@@H]1C[C@@H](N2CC(Oc3ccc4c(c3C(=O)O)OB(O)[C@@H]3C[C@H]43)C2)CN1. The second-order valence-electron chi connectivity index (χ2n) is 8.12. The Morgan fingerprint density at radius 1 is 1.32 bits per heavy atom. The Labute approximate surface area is 161 Å². The number of rotatable bonds is 5. The van der Waals surface area contributed by atoms with Crippen LogP contribution < -0.4 is 20.4 Å². The summed E-state index contributed by atoms with van der Waals surface area (Å²) in [5.74, 6) is -0.739. The van der Waals surface area contributed by atoms with E-state index in [9.17, 15) is 19.7 Å². The molecule has 9 nitrogen and oxygen atoms in total. The summed E-state index contributed by atoms with van der Waals surface area (Å²) in [4.78, 5) is 25.4. The van der Waals surface area contributed by atoms with E-state index >= 15 is 0 Å². The zero-order valence-corrected chi connectivity index (χ0v) is 15.2. The van der Waals surface area contributed by atoms with Crippen LogP contribution in [-0.2, 0) is 4.79 Å². The monoisotopic (exact) mass is 387 g/mol. The molecule has 5 rings (SSSR count). The van der Waals surface area contributed by atoms with E-state index in [1.807, 2.05) is 6.07 Å². The molecule has 0 bridgehead atoms. The lowest BCUT2D eigenvalue weighted by atomic mass is 9.77. The zero-order valence-electron chi connectivity index (χ0n) is 15.2. The number of aromatic carboxylic acids is 1. The predicted octanol–water partition coefficient (Wildman–Crippen LogP) is -0.606. The van der Waals surface area contributed by atoms with Gasteiger partial charge in [0.1, 0.15) is 23.2 Å². The molecule has 0 spiro atoms. The van der Waals surface area contributed by atoms with Gasteiger partial charge in [0.15, 0.2) is 0 Å². The van der Waals surface area contributed by atoms with Gasteiger partial charge in [0, 0.05) is 31.5 Å². The molecule has 1 aromatic carbocycles. The molecule has 3 aliphatic heterocycles. The lowest BCUT2D eigenvalue weighted by Crippen LogP contribution is -2.58. The van der Waals surface area contributed by atoms with Crippen molar-refractivity contribution in [3.8, 4) is 11.5 Å². The van der Waals surface area contributed by atoms with E-state index in [0.717, 1.165) is 12.0 Å². The molecule has 2 saturated heterocycles. The van der Waals surface area contributed by atoms with Gasteiger partial charge in [-0.1, -0.05) is 6.07 Å². The number of hydrogen-bond acceptors (Lipinski definition) is 7. The number of fused-ring (bicyclic) bond motifs is 3. The number of carbonyl (C=O) groups excluding carboxylic acids is 1. The van der Waals surface area contributed by atoms with E-state index in [0.29, 0.717) is 26.1 Å². The van der Waals surface area contributed by atoms with Gasteiger partial charge < -0.3 is 30.6 Å². The van der Waals surface area contributed by atoms with Gasteiger partial charge in [-0.15, -0.1) is 0 Å². The van der Waals surface area contributed by atoms with Gasteiger partial charge in [0.2, 0.25) is 5.91 Å². The molecule has 0 radical (unpaired) electrons. The average Bonchev–Trinajstić information content (AvgIpc) is 3.27. The van der Waals surface area contributed by atoms with Gasteiger partial charge in [-0.3, -0.25) is 9.69 Å². The number of ether oxygens (including phenoxy) is 1. The zero-order chi connectivity index (χ0) is 19.6. The van der Waals surface area contributed by atoms with Gasteiger partial charge in [-0.05, 0) is 30.4 Å².